The highest BCUT2D eigenvalue weighted by Gasteiger charge is 2.19. The largest absolute Gasteiger partial charge is 0.302 e. The molecule has 2 aromatic rings. The Morgan fingerprint density at radius 1 is 1.21 bits per heavy atom. The molecule has 0 radical (unpaired) electrons. The summed E-state index contributed by atoms with van der Waals surface area (Å²) in [6.07, 6.45) is -0.0953. The first-order valence-electron chi connectivity index (χ1n) is 7.63. The lowest BCUT2D eigenvalue weighted by Gasteiger charge is -2.19. The van der Waals surface area contributed by atoms with Crippen molar-refractivity contribution in [1.82, 2.24) is 4.98 Å². The van der Waals surface area contributed by atoms with Gasteiger partial charge in [-0.25, -0.2) is 13.4 Å². The minimum Gasteiger partial charge on any atom is -0.302 e. The standard InChI is InChI=1S/C17H22N2O3S2/c1-12-11-23-16(18-12)19-15(20)9-10-24(21,22)14-7-5-13(6-8-14)17(2,3)4/h5-8,11H,9-10H2,1-4H3,(H,18,19,20). The van der Waals surface area contributed by atoms with Crippen LogP contribution in [0.1, 0.15) is 38.4 Å². The van der Waals surface area contributed by atoms with Gasteiger partial charge in [0.25, 0.3) is 0 Å². The number of nitrogens with zero attached hydrogens (tertiary/aromatic N) is 1. The molecular formula is C17H22N2O3S2. The maximum absolute atomic E-state index is 12.4. The molecule has 1 amide bonds. The molecule has 0 aliphatic carbocycles. The highest BCUT2D eigenvalue weighted by Crippen LogP contribution is 2.24. The Kier molecular flexibility index (Phi) is 5.45. The van der Waals surface area contributed by atoms with E-state index >= 15 is 0 Å². The van der Waals surface area contributed by atoms with Crippen molar-refractivity contribution in [2.45, 2.75) is 44.4 Å². The topological polar surface area (TPSA) is 76.1 Å². The molecule has 7 heteroatoms. The van der Waals surface area contributed by atoms with Crippen LogP contribution in [0.15, 0.2) is 34.5 Å². The monoisotopic (exact) mass is 366 g/mol. The summed E-state index contributed by atoms with van der Waals surface area (Å²) in [5.41, 5.74) is 1.86. The van der Waals surface area contributed by atoms with E-state index < -0.39 is 9.84 Å². The highest BCUT2D eigenvalue weighted by atomic mass is 32.2. The molecular weight excluding hydrogens is 344 g/mol. The molecule has 0 saturated heterocycles. The number of aryl methyl sites for hydroxylation is 1. The van der Waals surface area contributed by atoms with Gasteiger partial charge in [-0.3, -0.25) is 4.79 Å². The summed E-state index contributed by atoms with van der Waals surface area (Å²) in [6, 6.07) is 6.87. The Balaban J connectivity index is 1.99. The van der Waals surface area contributed by atoms with Gasteiger partial charge in [0.05, 0.1) is 16.3 Å². The van der Waals surface area contributed by atoms with Crippen LogP contribution in [0.4, 0.5) is 5.13 Å². The van der Waals surface area contributed by atoms with Gasteiger partial charge < -0.3 is 5.32 Å². The van der Waals surface area contributed by atoms with E-state index in [1.165, 1.54) is 11.3 Å². The van der Waals surface area contributed by atoms with Crippen LogP contribution >= 0.6 is 11.3 Å². The van der Waals surface area contributed by atoms with Crippen molar-refractivity contribution in [3.63, 3.8) is 0 Å². The molecule has 1 aromatic carbocycles. The molecule has 0 bridgehead atoms. The number of hydrogen-bond donors (Lipinski definition) is 1. The van der Waals surface area contributed by atoms with Crippen molar-refractivity contribution in [1.29, 1.82) is 0 Å². The Labute approximate surface area is 147 Å². The van der Waals surface area contributed by atoms with Gasteiger partial charge in [-0.05, 0) is 30.0 Å². The number of amides is 1. The van der Waals surface area contributed by atoms with E-state index in [-0.39, 0.29) is 28.4 Å². The smallest absolute Gasteiger partial charge is 0.227 e. The van der Waals surface area contributed by atoms with Crippen molar-refractivity contribution in [2.75, 3.05) is 11.1 Å². The highest BCUT2D eigenvalue weighted by molar-refractivity contribution is 7.91. The van der Waals surface area contributed by atoms with E-state index in [0.29, 0.717) is 5.13 Å². The fourth-order valence-corrected chi connectivity index (χ4v) is 4.05. The van der Waals surface area contributed by atoms with Crippen LogP contribution in [0.2, 0.25) is 0 Å². The summed E-state index contributed by atoms with van der Waals surface area (Å²) in [5.74, 6) is -0.572. The summed E-state index contributed by atoms with van der Waals surface area (Å²) in [7, 11) is -3.48. The van der Waals surface area contributed by atoms with E-state index in [0.717, 1.165) is 11.3 Å². The number of carbonyl (C=O) groups excluding carboxylic acids is 1. The average molecular weight is 367 g/mol. The minimum atomic E-state index is -3.48. The van der Waals surface area contributed by atoms with Gasteiger partial charge in [0.2, 0.25) is 5.91 Å². The summed E-state index contributed by atoms with van der Waals surface area (Å²) >= 11 is 1.32. The molecule has 0 unspecified atom stereocenters. The quantitative estimate of drug-likeness (QED) is 0.878. The zero-order chi connectivity index (χ0) is 18.0. The van der Waals surface area contributed by atoms with Gasteiger partial charge >= 0.3 is 0 Å². The van der Waals surface area contributed by atoms with Crippen molar-refractivity contribution in [3.05, 3.63) is 40.9 Å². The number of benzene rings is 1. The molecule has 1 N–H and O–H groups in total. The zero-order valence-electron chi connectivity index (χ0n) is 14.3. The Morgan fingerprint density at radius 2 is 1.83 bits per heavy atom. The van der Waals surface area contributed by atoms with Gasteiger partial charge in [-0.1, -0.05) is 32.9 Å². The Morgan fingerprint density at radius 3 is 2.33 bits per heavy atom. The van der Waals surface area contributed by atoms with Crippen molar-refractivity contribution in [2.24, 2.45) is 0 Å². The molecule has 0 spiro atoms. The lowest BCUT2D eigenvalue weighted by Crippen LogP contribution is -2.17. The molecule has 24 heavy (non-hydrogen) atoms. The van der Waals surface area contributed by atoms with E-state index in [4.69, 9.17) is 0 Å². The molecule has 0 saturated carbocycles. The average Bonchev–Trinajstić information content (AvgIpc) is 2.90. The lowest BCUT2D eigenvalue weighted by atomic mass is 9.87. The van der Waals surface area contributed by atoms with Crippen molar-refractivity contribution < 1.29 is 13.2 Å². The van der Waals surface area contributed by atoms with Gasteiger partial charge in [0.1, 0.15) is 0 Å². The number of thiazole rings is 1. The van der Waals surface area contributed by atoms with Crippen LogP contribution in [-0.2, 0) is 20.0 Å². The summed E-state index contributed by atoms with van der Waals surface area (Å²) in [5, 5.41) is 4.93. The van der Waals surface area contributed by atoms with Gasteiger partial charge in [-0.2, -0.15) is 0 Å². The molecule has 0 fully saturated rings. The lowest BCUT2D eigenvalue weighted by molar-refractivity contribution is -0.115. The number of nitrogens with one attached hydrogen (secondary N) is 1. The van der Waals surface area contributed by atoms with Gasteiger partial charge in [-0.15, -0.1) is 11.3 Å². The SMILES string of the molecule is Cc1csc(NC(=O)CCS(=O)(=O)c2ccc(C(C)(C)C)cc2)n1. The number of hydrogen-bond acceptors (Lipinski definition) is 5. The summed E-state index contributed by atoms with van der Waals surface area (Å²) in [6.45, 7) is 8.04. The zero-order valence-corrected chi connectivity index (χ0v) is 15.9. The fourth-order valence-electron chi connectivity index (χ4n) is 2.10. The third-order valence-corrected chi connectivity index (χ3v) is 6.15. The van der Waals surface area contributed by atoms with Crippen molar-refractivity contribution in [3.8, 4) is 0 Å². The predicted molar refractivity (Wildman–Crippen MR) is 97.3 cm³/mol. The number of carbonyl (C=O) groups is 1. The second-order valence-electron chi connectivity index (χ2n) is 6.69. The maximum atomic E-state index is 12.4. The Hall–Kier alpha value is -1.73. The van der Waals surface area contributed by atoms with Crippen LogP contribution < -0.4 is 5.32 Å². The number of anilines is 1. The second kappa shape index (κ2) is 7.03. The first-order valence-corrected chi connectivity index (χ1v) is 10.2. The number of rotatable bonds is 5. The normalized spacial score (nSPS) is 12.2. The third kappa shape index (κ3) is 4.88. The third-order valence-electron chi connectivity index (χ3n) is 3.54. The first-order chi connectivity index (χ1) is 11.1. The predicted octanol–water partition coefficient (Wildman–Crippen LogP) is 3.55. The number of sulfone groups is 1. The van der Waals surface area contributed by atoms with Crippen LogP contribution in [0.25, 0.3) is 0 Å². The maximum Gasteiger partial charge on any atom is 0.227 e. The molecule has 130 valence electrons. The van der Waals surface area contributed by atoms with Crippen LogP contribution in [0, 0.1) is 6.92 Å². The molecule has 1 aromatic heterocycles. The molecule has 5 nitrogen and oxygen atoms in total. The van der Waals surface area contributed by atoms with Crippen LogP contribution in [0.3, 0.4) is 0 Å². The van der Waals surface area contributed by atoms with Crippen LogP contribution in [-0.4, -0.2) is 25.1 Å². The molecule has 0 aliphatic rings. The molecule has 0 aliphatic heterocycles. The molecule has 1 heterocycles. The fraction of sp³-hybridized carbons (Fsp3) is 0.412. The Bertz CT molecular complexity index is 816. The summed E-state index contributed by atoms with van der Waals surface area (Å²) in [4.78, 5) is 16.2. The number of aromatic nitrogens is 1. The molecule has 2 rings (SSSR count). The summed E-state index contributed by atoms with van der Waals surface area (Å²) < 4.78 is 24.7. The van der Waals surface area contributed by atoms with E-state index in [2.05, 4.69) is 31.1 Å². The van der Waals surface area contributed by atoms with Gasteiger partial charge in [0, 0.05) is 11.8 Å². The van der Waals surface area contributed by atoms with E-state index in [1.807, 2.05) is 24.4 Å². The second-order valence-corrected chi connectivity index (χ2v) is 9.65. The van der Waals surface area contributed by atoms with Crippen LogP contribution in [0.5, 0.6) is 0 Å². The van der Waals surface area contributed by atoms with Crippen molar-refractivity contribution >= 4 is 32.2 Å². The van der Waals surface area contributed by atoms with Gasteiger partial charge in [0.15, 0.2) is 15.0 Å². The van der Waals surface area contributed by atoms with E-state index in [1.54, 1.807) is 12.1 Å². The van der Waals surface area contributed by atoms with E-state index in [9.17, 15) is 13.2 Å². The molecule has 0 atom stereocenters. The first kappa shape index (κ1) is 18.6. The minimum absolute atomic E-state index is 0.0337.